The first-order valence-corrected chi connectivity index (χ1v) is 8.29. The van der Waals surface area contributed by atoms with E-state index in [1.54, 1.807) is 6.07 Å². The Balaban J connectivity index is 0.000000924. The van der Waals surface area contributed by atoms with Crippen molar-refractivity contribution in [1.29, 1.82) is 0 Å². The molecule has 1 aliphatic heterocycles. The second-order valence-corrected chi connectivity index (χ2v) is 5.35. The third kappa shape index (κ3) is 5.08. The fraction of sp³-hybridized carbons (Fsp3) is 0.412. The molecule has 1 N–H and O–H groups in total. The number of benzene rings is 1. The molecule has 0 saturated carbocycles. The van der Waals surface area contributed by atoms with Crippen molar-refractivity contribution in [3.05, 3.63) is 41.0 Å². The van der Waals surface area contributed by atoms with Gasteiger partial charge in [-0.15, -0.1) is 0 Å². The van der Waals surface area contributed by atoms with Gasteiger partial charge in [-0.1, -0.05) is 43.1 Å². The molecule has 23 heavy (non-hydrogen) atoms. The van der Waals surface area contributed by atoms with E-state index in [1.165, 1.54) is 5.56 Å². The van der Waals surface area contributed by atoms with Gasteiger partial charge in [0.15, 0.2) is 0 Å². The summed E-state index contributed by atoms with van der Waals surface area (Å²) in [6.07, 6.45) is 0. The standard InChI is InChI=1S/C15H17ClN4O.C2H6/c1-11-2-4-12(5-3-11)17-14-10-13(16)18-15(19-14)20-6-8-21-9-7-20;1-2/h2-5,10H,6-9H2,1H3,(H,17,18,19);1-2H3. The van der Waals surface area contributed by atoms with Gasteiger partial charge >= 0.3 is 0 Å². The summed E-state index contributed by atoms with van der Waals surface area (Å²) in [5.74, 6) is 1.33. The second kappa shape index (κ2) is 8.70. The number of rotatable bonds is 3. The largest absolute Gasteiger partial charge is 0.378 e. The lowest BCUT2D eigenvalue weighted by Crippen LogP contribution is -2.37. The van der Waals surface area contributed by atoms with E-state index < -0.39 is 0 Å². The van der Waals surface area contributed by atoms with Crippen molar-refractivity contribution in [2.45, 2.75) is 20.8 Å². The summed E-state index contributed by atoms with van der Waals surface area (Å²) in [6.45, 7) is 9.00. The Bertz CT molecular complexity index is 612. The zero-order chi connectivity index (χ0) is 16.7. The lowest BCUT2D eigenvalue weighted by Gasteiger charge is -2.27. The molecule has 2 heterocycles. The maximum atomic E-state index is 6.11. The summed E-state index contributed by atoms with van der Waals surface area (Å²) in [6, 6.07) is 9.85. The minimum absolute atomic E-state index is 0.432. The molecule has 0 atom stereocenters. The topological polar surface area (TPSA) is 50.3 Å². The Morgan fingerprint density at radius 3 is 2.39 bits per heavy atom. The number of morpholine rings is 1. The first kappa shape index (κ1) is 17.5. The van der Waals surface area contributed by atoms with Crippen molar-refractivity contribution in [3.63, 3.8) is 0 Å². The van der Waals surface area contributed by atoms with Crippen molar-refractivity contribution in [2.24, 2.45) is 0 Å². The highest BCUT2D eigenvalue weighted by Crippen LogP contribution is 2.21. The van der Waals surface area contributed by atoms with Crippen molar-refractivity contribution in [1.82, 2.24) is 9.97 Å². The molecule has 0 bridgehead atoms. The molecule has 0 spiro atoms. The van der Waals surface area contributed by atoms with Crippen LogP contribution in [-0.2, 0) is 4.74 Å². The van der Waals surface area contributed by atoms with Gasteiger partial charge < -0.3 is 15.0 Å². The van der Waals surface area contributed by atoms with Crippen LogP contribution >= 0.6 is 11.6 Å². The van der Waals surface area contributed by atoms with Crippen molar-refractivity contribution >= 4 is 29.1 Å². The number of aromatic nitrogens is 2. The van der Waals surface area contributed by atoms with Crippen LogP contribution < -0.4 is 10.2 Å². The van der Waals surface area contributed by atoms with E-state index in [2.05, 4.69) is 27.1 Å². The van der Waals surface area contributed by atoms with E-state index in [0.29, 0.717) is 30.1 Å². The molecule has 0 radical (unpaired) electrons. The van der Waals surface area contributed by atoms with E-state index in [-0.39, 0.29) is 0 Å². The highest BCUT2D eigenvalue weighted by Gasteiger charge is 2.15. The summed E-state index contributed by atoms with van der Waals surface area (Å²) in [5, 5.41) is 3.69. The van der Waals surface area contributed by atoms with Crippen LogP contribution in [0.2, 0.25) is 5.15 Å². The number of halogens is 1. The van der Waals surface area contributed by atoms with E-state index in [9.17, 15) is 0 Å². The third-order valence-electron chi connectivity index (χ3n) is 3.30. The van der Waals surface area contributed by atoms with Gasteiger partial charge in [-0.3, -0.25) is 0 Å². The molecule has 1 aromatic carbocycles. The quantitative estimate of drug-likeness (QED) is 0.858. The number of ether oxygens (including phenoxy) is 1. The highest BCUT2D eigenvalue weighted by molar-refractivity contribution is 6.29. The zero-order valence-electron chi connectivity index (χ0n) is 13.8. The Kier molecular flexibility index (Phi) is 6.62. The molecule has 0 aliphatic carbocycles. The first-order chi connectivity index (χ1) is 11.2. The molecule has 6 heteroatoms. The number of aryl methyl sites for hydroxylation is 1. The third-order valence-corrected chi connectivity index (χ3v) is 3.49. The summed E-state index contributed by atoms with van der Waals surface area (Å²) in [5.41, 5.74) is 2.19. The lowest BCUT2D eigenvalue weighted by molar-refractivity contribution is 0.122. The fourth-order valence-electron chi connectivity index (χ4n) is 2.16. The predicted molar refractivity (Wildman–Crippen MR) is 95.9 cm³/mol. The average molecular weight is 335 g/mol. The highest BCUT2D eigenvalue weighted by atomic mass is 35.5. The monoisotopic (exact) mass is 334 g/mol. The van der Waals surface area contributed by atoms with Gasteiger partial charge in [0.25, 0.3) is 0 Å². The van der Waals surface area contributed by atoms with Crippen molar-refractivity contribution < 1.29 is 4.74 Å². The number of anilines is 3. The molecular formula is C17H23ClN4O. The van der Waals surface area contributed by atoms with Crippen LogP contribution in [0.5, 0.6) is 0 Å². The van der Waals surface area contributed by atoms with Gasteiger partial charge in [-0.05, 0) is 19.1 Å². The van der Waals surface area contributed by atoms with Crippen LogP contribution in [0.25, 0.3) is 0 Å². The van der Waals surface area contributed by atoms with Gasteiger partial charge in [-0.25, -0.2) is 4.98 Å². The first-order valence-electron chi connectivity index (χ1n) is 7.92. The Morgan fingerprint density at radius 2 is 1.74 bits per heavy atom. The predicted octanol–water partition coefficient (Wildman–Crippen LogP) is 4.04. The van der Waals surface area contributed by atoms with Crippen LogP contribution in [0.1, 0.15) is 19.4 Å². The minimum Gasteiger partial charge on any atom is -0.378 e. The molecule has 5 nitrogen and oxygen atoms in total. The summed E-state index contributed by atoms with van der Waals surface area (Å²) < 4.78 is 5.34. The number of hydrogen-bond donors (Lipinski definition) is 1. The van der Waals surface area contributed by atoms with E-state index in [0.717, 1.165) is 18.8 Å². The van der Waals surface area contributed by atoms with Gasteiger partial charge in [0.05, 0.1) is 13.2 Å². The molecule has 1 aromatic heterocycles. The SMILES string of the molecule is CC.Cc1ccc(Nc2cc(Cl)nc(N3CCOCC3)n2)cc1. The second-order valence-electron chi connectivity index (χ2n) is 4.97. The van der Waals surface area contributed by atoms with E-state index in [1.807, 2.05) is 38.1 Å². The van der Waals surface area contributed by atoms with Crippen LogP contribution in [0.3, 0.4) is 0 Å². The van der Waals surface area contributed by atoms with Gasteiger partial charge in [-0.2, -0.15) is 4.98 Å². The van der Waals surface area contributed by atoms with Crippen LogP contribution in [-0.4, -0.2) is 36.3 Å². The molecule has 2 aromatic rings. The minimum atomic E-state index is 0.432. The Hall–Kier alpha value is -1.85. The van der Waals surface area contributed by atoms with Crippen molar-refractivity contribution in [2.75, 3.05) is 36.5 Å². The number of nitrogens with zero attached hydrogens (tertiary/aromatic N) is 3. The average Bonchev–Trinajstić information content (AvgIpc) is 2.59. The zero-order valence-corrected chi connectivity index (χ0v) is 14.6. The Labute approximate surface area is 142 Å². The van der Waals surface area contributed by atoms with Crippen LogP contribution in [0, 0.1) is 6.92 Å². The molecule has 1 saturated heterocycles. The molecule has 1 aliphatic rings. The maximum absolute atomic E-state index is 6.11. The molecule has 0 unspecified atom stereocenters. The lowest BCUT2D eigenvalue weighted by atomic mass is 10.2. The molecule has 1 fully saturated rings. The normalized spacial score (nSPS) is 14.0. The maximum Gasteiger partial charge on any atom is 0.228 e. The molecule has 124 valence electrons. The smallest absolute Gasteiger partial charge is 0.228 e. The van der Waals surface area contributed by atoms with Gasteiger partial charge in [0, 0.05) is 24.8 Å². The van der Waals surface area contributed by atoms with Crippen LogP contribution in [0.4, 0.5) is 17.5 Å². The summed E-state index contributed by atoms with van der Waals surface area (Å²) in [7, 11) is 0. The molecule has 3 rings (SSSR count). The summed E-state index contributed by atoms with van der Waals surface area (Å²) in [4.78, 5) is 10.9. The van der Waals surface area contributed by atoms with E-state index in [4.69, 9.17) is 16.3 Å². The van der Waals surface area contributed by atoms with E-state index >= 15 is 0 Å². The van der Waals surface area contributed by atoms with Crippen molar-refractivity contribution in [3.8, 4) is 0 Å². The number of nitrogens with one attached hydrogen (secondary N) is 1. The van der Waals surface area contributed by atoms with Crippen LogP contribution in [0.15, 0.2) is 30.3 Å². The Morgan fingerprint density at radius 1 is 1.09 bits per heavy atom. The van der Waals surface area contributed by atoms with Gasteiger partial charge in [0.2, 0.25) is 5.95 Å². The fourth-order valence-corrected chi connectivity index (χ4v) is 2.34. The summed E-state index contributed by atoms with van der Waals surface area (Å²) >= 11 is 6.11. The molecular weight excluding hydrogens is 312 g/mol. The van der Waals surface area contributed by atoms with Gasteiger partial charge in [0.1, 0.15) is 11.0 Å². The number of hydrogen-bond acceptors (Lipinski definition) is 5. The molecule has 0 amide bonds.